The van der Waals surface area contributed by atoms with Gasteiger partial charge in [0.1, 0.15) is 5.58 Å². The van der Waals surface area contributed by atoms with Gasteiger partial charge in [-0.2, -0.15) is 0 Å². The molecule has 0 unspecified atom stereocenters. The first-order valence-corrected chi connectivity index (χ1v) is 9.15. The van der Waals surface area contributed by atoms with Gasteiger partial charge >= 0.3 is 5.63 Å². The molecule has 25 heavy (non-hydrogen) atoms. The Bertz CT molecular complexity index is 964. The second kappa shape index (κ2) is 7.57. The van der Waals surface area contributed by atoms with Crippen LogP contribution in [0.4, 0.5) is 5.69 Å². The highest BCUT2D eigenvalue weighted by Gasteiger charge is 2.09. The minimum atomic E-state index is -0.361. The lowest BCUT2D eigenvalue weighted by Gasteiger charge is -2.08. The van der Waals surface area contributed by atoms with E-state index >= 15 is 0 Å². The van der Waals surface area contributed by atoms with Crippen LogP contribution in [0.5, 0.6) is 0 Å². The van der Waals surface area contributed by atoms with Gasteiger partial charge in [-0.1, -0.05) is 18.2 Å². The molecule has 5 heteroatoms. The second-order valence-electron chi connectivity index (χ2n) is 5.93. The van der Waals surface area contributed by atoms with Gasteiger partial charge in [0.25, 0.3) is 0 Å². The van der Waals surface area contributed by atoms with Gasteiger partial charge in [-0.25, -0.2) is 4.79 Å². The molecule has 0 saturated carbocycles. The number of para-hydroxylation sites is 1. The number of carbonyl (C=O) groups is 1. The minimum absolute atomic E-state index is 0.0597. The first-order chi connectivity index (χ1) is 12.0. The molecule has 0 atom stereocenters. The maximum atomic E-state index is 12.0. The number of fused-ring (bicyclic) bond motifs is 1. The standard InChI is InChI=1S/C20H19NO3S/c1-13-8-17-15(10-20(23)24-18(17)9-14(13)2)11-25-12-19(22)21-16-6-4-3-5-7-16/h3-10H,11-12H2,1-2H3,(H,21,22). The van der Waals surface area contributed by atoms with E-state index in [-0.39, 0.29) is 11.5 Å². The third-order valence-corrected chi connectivity index (χ3v) is 4.97. The SMILES string of the molecule is Cc1cc2oc(=O)cc(CSCC(=O)Nc3ccccc3)c2cc1C. The molecule has 1 heterocycles. The van der Waals surface area contributed by atoms with Gasteiger partial charge < -0.3 is 9.73 Å². The first-order valence-electron chi connectivity index (χ1n) is 7.99. The summed E-state index contributed by atoms with van der Waals surface area (Å²) in [4.78, 5) is 23.8. The summed E-state index contributed by atoms with van der Waals surface area (Å²) in [5, 5.41) is 3.78. The first kappa shape index (κ1) is 17.3. The summed E-state index contributed by atoms with van der Waals surface area (Å²) in [6, 6.07) is 14.8. The van der Waals surface area contributed by atoms with Crippen LogP contribution in [-0.2, 0) is 10.5 Å². The van der Waals surface area contributed by atoms with E-state index in [1.54, 1.807) is 0 Å². The minimum Gasteiger partial charge on any atom is -0.423 e. The van der Waals surface area contributed by atoms with Crippen LogP contribution >= 0.6 is 11.8 Å². The monoisotopic (exact) mass is 353 g/mol. The average Bonchev–Trinajstić information content (AvgIpc) is 2.57. The predicted molar refractivity (Wildman–Crippen MR) is 103 cm³/mol. The quantitative estimate of drug-likeness (QED) is 0.696. The summed E-state index contributed by atoms with van der Waals surface area (Å²) in [7, 11) is 0. The van der Waals surface area contributed by atoms with E-state index in [1.165, 1.54) is 17.8 Å². The summed E-state index contributed by atoms with van der Waals surface area (Å²) < 4.78 is 5.30. The Hall–Kier alpha value is -2.53. The molecule has 0 aliphatic carbocycles. The van der Waals surface area contributed by atoms with Crippen molar-refractivity contribution < 1.29 is 9.21 Å². The number of thioether (sulfide) groups is 1. The van der Waals surface area contributed by atoms with Crippen LogP contribution in [0.25, 0.3) is 11.0 Å². The number of benzene rings is 2. The van der Waals surface area contributed by atoms with Gasteiger partial charge in [-0.3, -0.25) is 4.79 Å². The van der Waals surface area contributed by atoms with Crippen molar-refractivity contribution in [2.24, 2.45) is 0 Å². The summed E-state index contributed by atoms with van der Waals surface area (Å²) in [5.41, 5.74) is 4.15. The van der Waals surface area contributed by atoms with Crippen LogP contribution in [0.15, 0.2) is 57.7 Å². The van der Waals surface area contributed by atoms with Crippen molar-refractivity contribution in [1.82, 2.24) is 0 Å². The number of nitrogens with one attached hydrogen (secondary N) is 1. The summed E-state index contributed by atoms with van der Waals surface area (Å²) in [5.74, 6) is 0.837. The molecule has 0 aliphatic rings. The maximum absolute atomic E-state index is 12.0. The van der Waals surface area contributed by atoms with E-state index in [4.69, 9.17) is 4.42 Å². The van der Waals surface area contributed by atoms with Gasteiger partial charge in [-0.05, 0) is 54.8 Å². The van der Waals surface area contributed by atoms with Gasteiger partial charge in [0.15, 0.2) is 0 Å². The van der Waals surface area contributed by atoms with Gasteiger partial charge in [0.2, 0.25) is 5.91 Å². The Labute approximate surface area is 150 Å². The van der Waals surface area contributed by atoms with E-state index in [9.17, 15) is 9.59 Å². The van der Waals surface area contributed by atoms with Crippen molar-refractivity contribution in [3.05, 3.63) is 75.6 Å². The predicted octanol–water partition coefficient (Wildman–Crippen LogP) is 4.28. The number of hydrogen-bond donors (Lipinski definition) is 1. The van der Waals surface area contributed by atoms with Crippen LogP contribution in [0.1, 0.15) is 16.7 Å². The van der Waals surface area contributed by atoms with E-state index in [2.05, 4.69) is 5.32 Å². The highest BCUT2D eigenvalue weighted by atomic mass is 32.2. The fourth-order valence-corrected chi connectivity index (χ4v) is 3.39. The molecule has 1 aromatic heterocycles. The molecule has 3 rings (SSSR count). The Morgan fingerprint density at radius 1 is 1.08 bits per heavy atom. The van der Waals surface area contributed by atoms with E-state index in [1.807, 2.05) is 56.3 Å². The molecule has 2 aromatic carbocycles. The Balaban J connectivity index is 1.70. The summed E-state index contributed by atoms with van der Waals surface area (Å²) >= 11 is 1.47. The summed E-state index contributed by atoms with van der Waals surface area (Å²) in [6.07, 6.45) is 0. The van der Waals surface area contributed by atoms with Gasteiger partial charge in [0, 0.05) is 22.9 Å². The zero-order valence-electron chi connectivity index (χ0n) is 14.2. The van der Waals surface area contributed by atoms with E-state index < -0.39 is 0 Å². The molecule has 0 saturated heterocycles. The molecule has 3 aromatic rings. The van der Waals surface area contributed by atoms with Crippen LogP contribution in [0.2, 0.25) is 0 Å². The fraction of sp³-hybridized carbons (Fsp3) is 0.200. The third-order valence-electron chi connectivity index (χ3n) is 3.99. The van der Waals surface area contributed by atoms with E-state index in [0.29, 0.717) is 17.1 Å². The number of rotatable bonds is 5. The van der Waals surface area contributed by atoms with Gasteiger partial charge in [0.05, 0.1) is 5.75 Å². The Morgan fingerprint density at radius 2 is 1.80 bits per heavy atom. The normalized spacial score (nSPS) is 10.8. The molecule has 1 N–H and O–H groups in total. The summed E-state index contributed by atoms with van der Waals surface area (Å²) in [6.45, 7) is 4.02. The molecule has 0 bridgehead atoms. The van der Waals surface area contributed by atoms with Crippen molar-refractivity contribution in [3.8, 4) is 0 Å². The third kappa shape index (κ3) is 4.31. The Morgan fingerprint density at radius 3 is 2.56 bits per heavy atom. The number of aryl methyl sites for hydroxylation is 2. The average molecular weight is 353 g/mol. The number of anilines is 1. The molecule has 4 nitrogen and oxygen atoms in total. The molecular formula is C20H19NO3S. The van der Waals surface area contributed by atoms with Crippen LogP contribution in [0.3, 0.4) is 0 Å². The molecule has 0 aliphatic heterocycles. The lowest BCUT2D eigenvalue weighted by Crippen LogP contribution is -2.14. The van der Waals surface area contributed by atoms with Crippen molar-refractivity contribution >= 4 is 34.3 Å². The van der Waals surface area contributed by atoms with Crippen molar-refractivity contribution in [1.29, 1.82) is 0 Å². The van der Waals surface area contributed by atoms with Crippen LogP contribution < -0.4 is 10.9 Å². The van der Waals surface area contributed by atoms with Crippen molar-refractivity contribution in [2.45, 2.75) is 19.6 Å². The van der Waals surface area contributed by atoms with Crippen LogP contribution in [-0.4, -0.2) is 11.7 Å². The van der Waals surface area contributed by atoms with Crippen LogP contribution in [0, 0.1) is 13.8 Å². The Kier molecular flexibility index (Phi) is 5.24. The smallest absolute Gasteiger partial charge is 0.336 e. The number of carbonyl (C=O) groups excluding carboxylic acids is 1. The second-order valence-corrected chi connectivity index (χ2v) is 6.92. The molecular weight excluding hydrogens is 334 g/mol. The highest BCUT2D eigenvalue weighted by Crippen LogP contribution is 2.24. The fourth-order valence-electron chi connectivity index (χ4n) is 2.57. The maximum Gasteiger partial charge on any atom is 0.336 e. The topological polar surface area (TPSA) is 59.3 Å². The molecule has 0 radical (unpaired) electrons. The van der Waals surface area contributed by atoms with E-state index in [0.717, 1.165) is 27.8 Å². The highest BCUT2D eigenvalue weighted by molar-refractivity contribution is 7.99. The molecule has 0 fully saturated rings. The lowest BCUT2D eigenvalue weighted by molar-refractivity contribution is -0.113. The zero-order valence-corrected chi connectivity index (χ0v) is 15.0. The largest absolute Gasteiger partial charge is 0.423 e. The van der Waals surface area contributed by atoms with Gasteiger partial charge in [-0.15, -0.1) is 11.8 Å². The number of hydrogen-bond acceptors (Lipinski definition) is 4. The lowest BCUT2D eigenvalue weighted by atomic mass is 10.0. The molecule has 128 valence electrons. The molecule has 1 amide bonds. The molecule has 0 spiro atoms. The number of amides is 1. The van der Waals surface area contributed by atoms with Crippen molar-refractivity contribution in [2.75, 3.05) is 11.1 Å². The zero-order chi connectivity index (χ0) is 17.8. The van der Waals surface area contributed by atoms with Crippen molar-refractivity contribution in [3.63, 3.8) is 0 Å².